The summed E-state index contributed by atoms with van der Waals surface area (Å²) in [5.41, 5.74) is 0.946. The van der Waals surface area contributed by atoms with Crippen LogP contribution in [0.1, 0.15) is 58.3 Å². The Bertz CT molecular complexity index is 756. The lowest BCUT2D eigenvalue weighted by Gasteiger charge is -2.61. The van der Waals surface area contributed by atoms with Crippen molar-refractivity contribution in [3.05, 3.63) is 23.3 Å². The number of hydrogen-bond acceptors (Lipinski definition) is 5. The Labute approximate surface area is 166 Å². The van der Waals surface area contributed by atoms with Crippen molar-refractivity contribution in [1.82, 2.24) is 0 Å². The third-order valence-electron chi connectivity index (χ3n) is 9.41. The number of esters is 1. The zero-order valence-electron chi connectivity index (χ0n) is 16.7. The van der Waals surface area contributed by atoms with Gasteiger partial charge in [-0.25, -0.2) is 4.79 Å². The number of fused-ring (bicyclic) bond motifs is 5. The maximum absolute atomic E-state index is 12.1. The van der Waals surface area contributed by atoms with Gasteiger partial charge < -0.3 is 20.1 Å². The van der Waals surface area contributed by atoms with E-state index in [0.29, 0.717) is 13.0 Å². The van der Waals surface area contributed by atoms with Gasteiger partial charge in [-0.15, -0.1) is 0 Å². The first-order valence-corrected chi connectivity index (χ1v) is 10.9. The number of allylic oxidation sites excluding steroid dienone is 1. The van der Waals surface area contributed by atoms with Crippen LogP contribution in [0.3, 0.4) is 0 Å². The molecular weight excluding hydrogens is 356 g/mol. The van der Waals surface area contributed by atoms with Crippen LogP contribution in [-0.2, 0) is 9.53 Å². The highest BCUT2D eigenvalue weighted by Gasteiger charge is 2.67. The standard InChI is InChI=1S/C23H32O5/c1-21-7-5-18-19(3-2-15-11-16(25)4-8-22(15,18)13-24)23(21,27)9-6-17(21)14-10-20(26)28-12-14/h2,10,16-19,24-25,27H,3-9,11-13H2,1H3. The third-order valence-corrected chi connectivity index (χ3v) is 9.41. The zero-order valence-corrected chi connectivity index (χ0v) is 16.7. The quantitative estimate of drug-likeness (QED) is 0.500. The minimum atomic E-state index is -0.784. The molecule has 0 spiro atoms. The second-order valence-electron chi connectivity index (χ2n) is 10.2. The van der Waals surface area contributed by atoms with Crippen molar-refractivity contribution >= 4 is 5.97 Å². The summed E-state index contributed by atoms with van der Waals surface area (Å²) in [7, 11) is 0. The summed E-state index contributed by atoms with van der Waals surface area (Å²) in [4.78, 5) is 11.6. The van der Waals surface area contributed by atoms with E-state index < -0.39 is 5.60 Å². The maximum atomic E-state index is 12.1. The van der Waals surface area contributed by atoms with Crippen LogP contribution >= 0.6 is 0 Å². The van der Waals surface area contributed by atoms with Crippen LogP contribution in [0, 0.1) is 28.6 Å². The second-order valence-corrected chi connectivity index (χ2v) is 10.2. The first kappa shape index (κ1) is 18.8. The molecule has 1 aliphatic heterocycles. The van der Waals surface area contributed by atoms with E-state index >= 15 is 0 Å². The lowest BCUT2D eigenvalue weighted by atomic mass is 9.45. The van der Waals surface area contributed by atoms with Gasteiger partial charge in [-0.05, 0) is 74.7 Å². The van der Waals surface area contributed by atoms with E-state index in [2.05, 4.69) is 13.0 Å². The first-order chi connectivity index (χ1) is 13.3. The molecule has 0 aromatic rings. The number of cyclic esters (lactones) is 1. The molecule has 0 radical (unpaired) electrons. The lowest BCUT2D eigenvalue weighted by Crippen LogP contribution is -2.61. The summed E-state index contributed by atoms with van der Waals surface area (Å²) in [6.07, 6.45) is 10.1. The average molecular weight is 389 g/mol. The molecule has 0 amide bonds. The molecule has 5 aliphatic rings. The summed E-state index contributed by atoms with van der Waals surface area (Å²) >= 11 is 0. The molecule has 3 N–H and O–H groups in total. The Morgan fingerprint density at radius 1 is 1.18 bits per heavy atom. The Kier molecular flexibility index (Phi) is 4.15. The van der Waals surface area contributed by atoms with Gasteiger partial charge in [-0.2, -0.15) is 0 Å². The van der Waals surface area contributed by atoms with Crippen molar-refractivity contribution < 1.29 is 24.9 Å². The highest BCUT2D eigenvalue weighted by molar-refractivity contribution is 5.85. The van der Waals surface area contributed by atoms with Crippen LogP contribution in [0.25, 0.3) is 0 Å². The molecule has 4 aliphatic carbocycles. The fraction of sp³-hybridized carbons (Fsp3) is 0.783. The molecule has 3 fully saturated rings. The zero-order chi connectivity index (χ0) is 19.7. The summed E-state index contributed by atoms with van der Waals surface area (Å²) in [5, 5.41) is 32.7. The van der Waals surface area contributed by atoms with Crippen LogP contribution in [0.5, 0.6) is 0 Å². The molecule has 28 heavy (non-hydrogen) atoms. The fourth-order valence-corrected chi connectivity index (χ4v) is 7.89. The summed E-state index contributed by atoms with van der Waals surface area (Å²) in [5.74, 6) is 0.319. The van der Waals surface area contributed by atoms with Crippen molar-refractivity contribution in [2.75, 3.05) is 13.2 Å². The minimum Gasteiger partial charge on any atom is -0.458 e. The highest BCUT2D eigenvalue weighted by atomic mass is 16.5. The Morgan fingerprint density at radius 3 is 2.71 bits per heavy atom. The molecule has 0 aromatic heterocycles. The predicted molar refractivity (Wildman–Crippen MR) is 103 cm³/mol. The molecule has 5 nitrogen and oxygen atoms in total. The van der Waals surface area contributed by atoms with Crippen LogP contribution in [-0.4, -0.2) is 46.2 Å². The molecule has 5 rings (SSSR count). The van der Waals surface area contributed by atoms with Crippen LogP contribution in [0.2, 0.25) is 0 Å². The molecule has 0 aromatic carbocycles. The molecule has 7 atom stereocenters. The third kappa shape index (κ3) is 2.27. The van der Waals surface area contributed by atoms with Crippen LogP contribution in [0.4, 0.5) is 0 Å². The van der Waals surface area contributed by atoms with E-state index in [1.807, 2.05) is 0 Å². The van der Waals surface area contributed by atoms with Crippen molar-refractivity contribution in [2.24, 2.45) is 28.6 Å². The van der Waals surface area contributed by atoms with Crippen LogP contribution in [0.15, 0.2) is 23.3 Å². The van der Waals surface area contributed by atoms with E-state index in [1.54, 1.807) is 6.08 Å². The van der Waals surface area contributed by atoms with Gasteiger partial charge in [0, 0.05) is 16.9 Å². The number of aliphatic hydroxyl groups is 3. The molecule has 5 heteroatoms. The maximum Gasteiger partial charge on any atom is 0.331 e. The van der Waals surface area contributed by atoms with Gasteiger partial charge in [0.05, 0.1) is 18.3 Å². The summed E-state index contributed by atoms with van der Waals surface area (Å²) < 4.78 is 5.18. The average Bonchev–Trinajstić information content (AvgIpc) is 3.22. The van der Waals surface area contributed by atoms with Crippen molar-refractivity contribution in [3.8, 4) is 0 Å². The van der Waals surface area contributed by atoms with E-state index in [1.165, 1.54) is 5.57 Å². The normalized spacial score (nSPS) is 50.2. The van der Waals surface area contributed by atoms with E-state index in [-0.39, 0.29) is 47.3 Å². The topological polar surface area (TPSA) is 87.0 Å². The highest BCUT2D eigenvalue weighted by Crippen LogP contribution is 2.68. The summed E-state index contributed by atoms with van der Waals surface area (Å²) in [6.45, 7) is 2.68. The number of aliphatic hydroxyl groups excluding tert-OH is 2. The number of carbonyl (C=O) groups excluding carboxylic acids is 1. The van der Waals surface area contributed by atoms with Crippen molar-refractivity contribution in [3.63, 3.8) is 0 Å². The van der Waals surface area contributed by atoms with Crippen LogP contribution < -0.4 is 0 Å². The SMILES string of the molecule is CC12CCC3C(CC=C4CC(O)CCC43CO)C1(O)CCC2C1=CC(=O)OC1. The van der Waals surface area contributed by atoms with Gasteiger partial charge in [-0.1, -0.05) is 18.6 Å². The Hall–Kier alpha value is -1.17. The monoisotopic (exact) mass is 388 g/mol. The predicted octanol–water partition coefficient (Wildman–Crippen LogP) is 2.50. The number of ether oxygens (including phenoxy) is 1. The molecule has 154 valence electrons. The van der Waals surface area contributed by atoms with Crippen molar-refractivity contribution in [1.29, 1.82) is 0 Å². The minimum absolute atomic E-state index is 0.108. The van der Waals surface area contributed by atoms with E-state index in [9.17, 15) is 20.1 Å². The molecular formula is C23H32O5. The largest absolute Gasteiger partial charge is 0.458 e. The number of carbonyl (C=O) groups is 1. The van der Waals surface area contributed by atoms with Crippen molar-refractivity contribution in [2.45, 2.75) is 70.0 Å². The van der Waals surface area contributed by atoms with Gasteiger partial charge in [0.25, 0.3) is 0 Å². The second kappa shape index (κ2) is 6.16. The molecule has 3 saturated carbocycles. The van der Waals surface area contributed by atoms with Gasteiger partial charge in [0.15, 0.2) is 0 Å². The Morgan fingerprint density at radius 2 is 2.00 bits per heavy atom. The van der Waals surface area contributed by atoms with Gasteiger partial charge in [-0.3, -0.25) is 0 Å². The molecule has 0 bridgehead atoms. The summed E-state index contributed by atoms with van der Waals surface area (Å²) in [6, 6.07) is 0. The number of rotatable bonds is 2. The van der Waals surface area contributed by atoms with E-state index in [0.717, 1.165) is 50.5 Å². The van der Waals surface area contributed by atoms with Gasteiger partial charge in [0.1, 0.15) is 6.61 Å². The lowest BCUT2D eigenvalue weighted by molar-refractivity contribution is -0.183. The number of hydrogen-bond donors (Lipinski definition) is 3. The first-order valence-electron chi connectivity index (χ1n) is 10.9. The van der Waals surface area contributed by atoms with Gasteiger partial charge in [0.2, 0.25) is 0 Å². The molecule has 7 unspecified atom stereocenters. The molecule has 1 heterocycles. The smallest absolute Gasteiger partial charge is 0.331 e. The Balaban J connectivity index is 1.52. The molecule has 0 saturated heterocycles. The fourth-order valence-electron chi connectivity index (χ4n) is 7.89. The van der Waals surface area contributed by atoms with Gasteiger partial charge >= 0.3 is 5.97 Å². The van der Waals surface area contributed by atoms with E-state index in [4.69, 9.17) is 4.74 Å².